The predicted octanol–water partition coefficient (Wildman–Crippen LogP) is 2.98. The van der Waals surface area contributed by atoms with E-state index in [0.29, 0.717) is 24.9 Å². The van der Waals surface area contributed by atoms with Crippen LogP contribution in [0.25, 0.3) is 0 Å². The first-order valence-corrected chi connectivity index (χ1v) is 8.87. The molecule has 7 heteroatoms. The third-order valence-electron chi connectivity index (χ3n) is 5.20. The summed E-state index contributed by atoms with van der Waals surface area (Å²) < 4.78 is 13.2. The quantitative estimate of drug-likeness (QED) is 0.896. The van der Waals surface area contributed by atoms with Gasteiger partial charge in [-0.1, -0.05) is 12.1 Å². The van der Waals surface area contributed by atoms with Gasteiger partial charge < -0.3 is 10.2 Å². The van der Waals surface area contributed by atoms with Crippen LogP contribution in [0.2, 0.25) is 0 Å². The summed E-state index contributed by atoms with van der Waals surface area (Å²) >= 11 is 0. The zero-order valence-corrected chi connectivity index (χ0v) is 14.0. The molecule has 25 heavy (non-hydrogen) atoms. The summed E-state index contributed by atoms with van der Waals surface area (Å²) in [6, 6.07) is 6.40. The van der Waals surface area contributed by atoms with Crippen LogP contribution < -0.4 is 5.32 Å². The van der Waals surface area contributed by atoms with E-state index in [1.54, 1.807) is 12.1 Å². The molecule has 2 aromatic rings. The maximum Gasteiger partial charge on any atom is 0.317 e. The van der Waals surface area contributed by atoms with Crippen molar-refractivity contribution in [2.75, 3.05) is 13.1 Å². The molecule has 2 amide bonds. The summed E-state index contributed by atoms with van der Waals surface area (Å²) in [5.41, 5.74) is 0.980. The number of H-pyrrole nitrogens is 1. The number of piperidine rings is 1. The van der Waals surface area contributed by atoms with Gasteiger partial charge in [-0.25, -0.2) is 14.2 Å². The number of rotatable bonds is 4. The molecule has 6 nitrogen and oxygen atoms in total. The number of carbonyl (C=O) groups excluding carboxylic acids is 1. The van der Waals surface area contributed by atoms with Crippen LogP contribution in [0.5, 0.6) is 0 Å². The van der Waals surface area contributed by atoms with E-state index in [4.69, 9.17) is 0 Å². The molecule has 1 atom stereocenters. The molecule has 4 rings (SSSR count). The molecule has 0 unspecified atom stereocenters. The Hall–Kier alpha value is -2.44. The maximum atomic E-state index is 13.2. The Morgan fingerprint density at radius 3 is 2.52 bits per heavy atom. The fourth-order valence-corrected chi connectivity index (χ4v) is 3.56. The van der Waals surface area contributed by atoms with Crippen LogP contribution in [0, 0.1) is 11.7 Å². The first kappa shape index (κ1) is 16.1. The van der Waals surface area contributed by atoms with Gasteiger partial charge in [-0.15, -0.1) is 0 Å². The number of benzene rings is 1. The number of carbonyl (C=O) groups is 1. The van der Waals surface area contributed by atoms with Crippen molar-refractivity contribution >= 4 is 6.03 Å². The third-order valence-corrected chi connectivity index (χ3v) is 5.20. The van der Waals surface area contributed by atoms with Gasteiger partial charge in [0.25, 0.3) is 0 Å². The van der Waals surface area contributed by atoms with Crippen molar-refractivity contribution in [1.29, 1.82) is 0 Å². The molecule has 1 saturated carbocycles. The average Bonchev–Trinajstić information content (AvgIpc) is 3.33. The van der Waals surface area contributed by atoms with Gasteiger partial charge in [-0.05, 0) is 49.3 Å². The number of halogens is 1. The van der Waals surface area contributed by atoms with Crippen LogP contribution >= 0.6 is 0 Å². The standard InChI is InChI=1S/C18H22FN5O/c19-15-5-3-13(4-6-15)16(12-1-2-12)22-18(25)24-9-7-14(8-10-24)17-20-11-21-23-17/h3-6,11-12,14,16H,1-2,7-10H2,(H,22,25)(H,20,21,23)/t16-/m0/s1. The third kappa shape index (κ3) is 3.65. The summed E-state index contributed by atoms with van der Waals surface area (Å²) in [4.78, 5) is 18.8. The lowest BCUT2D eigenvalue weighted by atomic mass is 9.96. The van der Waals surface area contributed by atoms with E-state index in [0.717, 1.165) is 37.1 Å². The second-order valence-electron chi connectivity index (χ2n) is 6.95. The van der Waals surface area contributed by atoms with Gasteiger partial charge in [-0.3, -0.25) is 5.10 Å². The number of hydrogen-bond acceptors (Lipinski definition) is 3. The lowest BCUT2D eigenvalue weighted by Crippen LogP contribution is -2.45. The minimum absolute atomic E-state index is 0.0277. The average molecular weight is 343 g/mol. The van der Waals surface area contributed by atoms with Gasteiger partial charge in [0.1, 0.15) is 18.0 Å². The highest BCUT2D eigenvalue weighted by Gasteiger charge is 2.35. The van der Waals surface area contributed by atoms with Gasteiger partial charge in [0.2, 0.25) is 0 Å². The fourth-order valence-electron chi connectivity index (χ4n) is 3.56. The maximum absolute atomic E-state index is 13.2. The molecule has 0 bridgehead atoms. The van der Waals surface area contributed by atoms with Gasteiger partial charge >= 0.3 is 6.03 Å². The van der Waals surface area contributed by atoms with E-state index in [-0.39, 0.29) is 17.9 Å². The SMILES string of the molecule is O=C(N[C@H](c1ccc(F)cc1)C1CC1)N1CCC(c2ncn[nH]2)CC1. The molecule has 1 aliphatic heterocycles. The van der Waals surface area contributed by atoms with E-state index in [2.05, 4.69) is 20.5 Å². The van der Waals surface area contributed by atoms with Crippen LogP contribution in [0.15, 0.2) is 30.6 Å². The number of nitrogens with zero attached hydrogens (tertiary/aromatic N) is 3. The van der Waals surface area contributed by atoms with E-state index in [1.165, 1.54) is 18.5 Å². The minimum atomic E-state index is -0.251. The number of amides is 2. The van der Waals surface area contributed by atoms with Crippen molar-refractivity contribution in [1.82, 2.24) is 25.4 Å². The molecular weight excluding hydrogens is 321 g/mol. The van der Waals surface area contributed by atoms with Crippen molar-refractivity contribution in [2.45, 2.75) is 37.6 Å². The summed E-state index contributed by atoms with van der Waals surface area (Å²) in [6.45, 7) is 1.41. The summed E-state index contributed by atoms with van der Waals surface area (Å²) in [5.74, 6) is 1.45. The highest BCUT2D eigenvalue weighted by molar-refractivity contribution is 5.75. The molecule has 2 N–H and O–H groups in total. The molecule has 0 radical (unpaired) electrons. The first-order valence-electron chi connectivity index (χ1n) is 8.87. The molecule has 2 fully saturated rings. The number of likely N-dealkylation sites (tertiary alicyclic amines) is 1. The van der Waals surface area contributed by atoms with Gasteiger partial charge in [0, 0.05) is 19.0 Å². The monoisotopic (exact) mass is 343 g/mol. The molecule has 0 spiro atoms. The van der Waals surface area contributed by atoms with E-state index < -0.39 is 0 Å². The van der Waals surface area contributed by atoms with E-state index >= 15 is 0 Å². The largest absolute Gasteiger partial charge is 0.331 e. The van der Waals surface area contributed by atoms with E-state index in [1.807, 2.05) is 4.90 Å². The lowest BCUT2D eigenvalue weighted by molar-refractivity contribution is 0.175. The Balaban J connectivity index is 1.37. The van der Waals surface area contributed by atoms with Crippen LogP contribution in [0.4, 0.5) is 9.18 Å². The van der Waals surface area contributed by atoms with E-state index in [9.17, 15) is 9.18 Å². The Morgan fingerprint density at radius 2 is 1.92 bits per heavy atom. The summed E-state index contributed by atoms with van der Waals surface area (Å²) in [6.07, 6.45) is 5.50. The number of aromatic amines is 1. The molecule has 1 aromatic heterocycles. The van der Waals surface area contributed by atoms with Crippen LogP contribution in [0.3, 0.4) is 0 Å². The number of nitrogens with one attached hydrogen (secondary N) is 2. The molecule has 1 saturated heterocycles. The second kappa shape index (κ2) is 6.82. The van der Waals surface area contributed by atoms with Crippen LogP contribution in [0.1, 0.15) is 49.0 Å². The Labute approximate surface area is 145 Å². The van der Waals surface area contributed by atoms with Gasteiger partial charge in [0.15, 0.2) is 0 Å². The molecule has 1 aromatic carbocycles. The van der Waals surface area contributed by atoms with Crippen molar-refractivity contribution in [2.24, 2.45) is 5.92 Å². The Bertz CT molecular complexity index is 706. The normalized spacial score (nSPS) is 19.6. The fraction of sp³-hybridized carbons (Fsp3) is 0.500. The van der Waals surface area contributed by atoms with Crippen molar-refractivity contribution in [3.63, 3.8) is 0 Å². The van der Waals surface area contributed by atoms with Crippen molar-refractivity contribution < 1.29 is 9.18 Å². The second-order valence-corrected chi connectivity index (χ2v) is 6.95. The van der Waals surface area contributed by atoms with Crippen molar-refractivity contribution in [3.05, 3.63) is 47.8 Å². The van der Waals surface area contributed by atoms with Crippen LogP contribution in [-0.4, -0.2) is 39.2 Å². The Morgan fingerprint density at radius 1 is 1.20 bits per heavy atom. The summed E-state index contributed by atoms with van der Waals surface area (Å²) in [7, 11) is 0. The minimum Gasteiger partial charge on any atom is -0.331 e. The highest BCUT2D eigenvalue weighted by atomic mass is 19.1. The van der Waals surface area contributed by atoms with Crippen molar-refractivity contribution in [3.8, 4) is 0 Å². The van der Waals surface area contributed by atoms with Gasteiger partial charge in [0.05, 0.1) is 6.04 Å². The number of aromatic nitrogens is 3. The lowest BCUT2D eigenvalue weighted by Gasteiger charge is -2.32. The highest BCUT2D eigenvalue weighted by Crippen LogP contribution is 2.41. The first-order chi connectivity index (χ1) is 12.2. The molecule has 2 aliphatic rings. The number of urea groups is 1. The molecule has 2 heterocycles. The molecular formula is C18H22FN5O. The molecule has 1 aliphatic carbocycles. The summed E-state index contributed by atoms with van der Waals surface area (Å²) in [5, 5.41) is 9.99. The topological polar surface area (TPSA) is 73.9 Å². The Kier molecular flexibility index (Phi) is 4.38. The number of hydrogen-bond donors (Lipinski definition) is 2. The predicted molar refractivity (Wildman–Crippen MR) is 90.3 cm³/mol. The zero-order chi connectivity index (χ0) is 17.2. The van der Waals surface area contributed by atoms with Crippen LogP contribution in [-0.2, 0) is 0 Å². The van der Waals surface area contributed by atoms with Gasteiger partial charge in [-0.2, -0.15) is 5.10 Å². The smallest absolute Gasteiger partial charge is 0.317 e. The zero-order valence-electron chi connectivity index (χ0n) is 14.0. The molecule has 132 valence electrons.